The van der Waals surface area contributed by atoms with E-state index in [0.717, 1.165) is 42.3 Å². The van der Waals surface area contributed by atoms with Gasteiger partial charge in [-0.3, -0.25) is 0 Å². The third-order valence-corrected chi connectivity index (χ3v) is 3.19. The minimum atomic E-state index is 0.623. The van der Waals surface area contributed by atoms with Crippen LogP contribution in [0.1, 0.15) is 17.0 Å². The molecule has 0 atom stereocenters. The van der Waals surface area contributed by atoms with Crippen LogP contribution in [0, 0.1) is 0 Å². The molecule has 2 heterocycles. The molecular weight excluding hydrogens is 224 g/mol. The van der Waals surface area contributed by atoms with E-state index in [1.54, 1.807) is 0 Å². The number of nitrogens with one attached hydrogen (secondary N) is 1. The van der Waals surface area contributed by atoms with Crippen LogP contribution in [0.25, 0.3) is 11.4 Å². The molecule has 2 aromatic rings. The van der Waals surface area contributed by atoms with Crippen molar-refractivity contribution in [3.63, 3.8) is 0 Å². The summed E-state index contributed by atoms with van der Waals surface area (Å²) in [5.41, 5.74) is 10.2. The van der Waals surface area contributed by atoms with E-state index in [2.05, 4.69) is 15.3 Å². The molecule has 0 bridgehead atoms. The van der Waals surface area contributed by atoms with Gasteiger partial charge in [-0.25, -0.2) is 9.97 Å². The summed E-state index contributed by atoms with van der Waals surface area (Å²) in [6, 6.07) is 10.1. The van der Waals surface area contributed by atoms with Crippen LogP contribution in [0.4, 0.5) is 0 Å². The van der Waals surface area contributed by atoms with Crippen LogP contribution in [0.3, 0.4) is 0 Å². The second-order valence-corrected chi connectivity index (χ2v) is 4.43. The first-order valence-electron chi connectivity index (χ1n) is 6.23. The number of rotatable bonds is 3. The molecule has 0 saturated carbocycles. The summed E-state index contributed by atoms with van der Waals surface area (Å²) >= 11 is 0. The maximum Gasteiger partial charge on any atom is 0.159 e. The first kappa shape index (κ1) is 11.3. The lowest BCUT2D eigenvalue weighted by molar-refractivity contribution is 0.754. The monoisotopic (exact) mass is 240 g/mol. The van der Waals surface area contributed by atoms with Gasteiger partial charge in [0.2, 0.25) is 0 Å². The van der Waals surface area contributed by atoms with Gasteiger partial charge in [0.1, 0.15) is 0 Å². The summed E-state index contributed by atoms with van der Waals surface area (Å²) in [6.45, 7) is 2.31. The molecule has 0 unspecified atom stereocenters. The van der Waals surface area contributed by atoms with E-state index in [4.69, 9.17) is 5.73 Å². The number of benzene rings is 1. The van der Waals surface area contributed by atoms with Gasteiger partial charge in [0.15, 0.2) is 5.82 Å². The van der Waals surface area contributed by atoms with Gasteiger partial charge < -0.3 is 11.1 Å². The number of nitrogens with zero attached hydrogens (tertiary/aromatic N) is 2. The van der Waals surface area contributed by atoms with Crippen LogP contribution in [-0.2, 0) is 19.5 Å². The first-order valence-corrected chi connectivity index (χ1v) is 6.23. The largest absolute Gasteiger partial charge is 0.330 e. The highest BCUT2D eigenvalue weighted by Gasteiger charge is 2.18. The maximum atomic E-state index is 5.66. The van der Waals surface area contributed by atoms with Crippen molar-refractivity contribution in [3.05, 3.63) is 47.3 Å². The standard InChI is InChI=1S/C14H16N4/c15-7-6-12-11-8-16-9-13(11)18-14(17-12)10-4-2-1-3-5-10/h1-5,16H,6-9,15H2. The van der Waals surface area contributed by atoms with Gasteiger partial charge in [-0.15, -0.1) is 0 Å². The van der Waals surface area contributed by atoms with Gasteiger partial charge in [0, 0.05) is 30.6 Å². The lowest BCUT2D eigenvalue weighted by Gasteiger charge is -2.08. The molecule has 92 valence electrons. The molecule has 4 nitrogen and oxygen atoms in total. The summed E-state index contributed by atoms with van der Waals surface area (Å²) in [5, 5.41) is 3.32. The van der Waals surface area contributed by atoms with Crippen LogP contribution in [0.2, 0.25) is 0 Å². The number of hydrogen-bond donors (Lipinski definition) is 2. The molecule has 0 aliphatic carbocycles. The van der Waals surface area contributed by atoms with E-state index in [-0.39, 0.29) is 0 Å². The minimum absolute atomic E-state index is 0.623. The Bertz CT molecular complexity index is 551. The van der Waals surface area contributed by atoms with Crippen molar-refractivity contribution < 1.29 is 0 Å². The number of fused-ring (bicyclic) bond motifs is 1. The van der Waals surface area contributed by atoms with E-state index >= 15 is 0 Å². The second kappa shape index (κ2) is 4.84. The average molecular weight is 240 g/mol. The van der Waals surface area contributed by atoms with Crippen molar-refractivity contribution in [2.45, 2.75) is 19.5 Å². The summed E-state index contributed by atoms with van der Waals surface area (Å²) in [5.74, 6) is 0.807. The van der Waals surface area contributed by atoms with Gasteiger partial charge in [0.05, 0.1) is 11.4 Å². The Morgan fingerprint density at radius 2 is 1.94 bits per heavy atom. The Morgan fingerprint density at radius 1 is 1.11 bits per heavy atom. The van der Waals surface area contributed by atoms with Gasteiger partial charge in [0.25, 0.3) is 0 Å². The summed E-state index contributed by atoms with van der Waals surface area (Å²) in [4.78, 5) is 9.33. The molecular formula is C14H16N4. The Balaban J connectivity index is 2.09. The molecule has 3 N–H and O–H groups in total. The summed E-state index contributed by atoms with van der Waals surface area (Å²) in [7, 11) is 0. The van der Waals surface area contributed by atoms with Crippen LogP contribution >= 0.6 is 0 Å². The smallest absolute Gasteiger partial charge is 0.159 e. The van der Waals surface area contributed by atoms with Crippen molar-refractivity contribution in [1.29, 1.82) is 0 Å². The molecule has 1 aliphatic heterocycles. The van der Waals surface area contributed by atoms with E-state index in [1.165, 1.54) is 5.56 Å². The van der Waals surface area contributed by atoms with Gasteiger partial charge >= 0.3 is 0 Å². The number of aromatic nitrogens is 2. The predicted molar refractivity (Wildman–Crippen MR) is 70.8 cm³/mol. The number of hydrogen-bond acceptors (Lipinski definition) is 4. The fraction of sp³-hybridized carbons (Fsp3) is 0.286. The van der Waals surface area contributed by atoms with Crippen LogP contribution in [0.15, 0.2) is 30.3 Å². The molecule has 0 amide bonds. The maximum absolute atomic E-state index is 5.66. The highest BCUT2D eigenvalue weighted by Crippen LogP contribution is 2.22. The van der Waals surface area contributed by atoms with E-state index in [0.29, 0.717) is 6.54 Å². The average Bonchev–Trinajstić information content (AvgIpc) is 2.88. The van der Waals surface area contributed by atoms with Crippen molar-refractivity contribution in [3.8, 4) is 11.4 Å². The third-order valence-electron chi connectivity index (χ3n) is 3.19. The van der Waals surface area contributed by atoms with Crippen LogP contribution in [0.5, 0.6) is 0 Å². The Labute approximate surface area is 106 Å². The molecule has 1 aromatic heterocycles. The Morgan fingerprint density at radius 3 is 2.72 bits per heavy atom. The zero-order valence-corrected chi connectivity index (χ0v) is 10.2. The van der Waals surface area contributed by atoms with Crippen molar-refractivity contribution in [2.24, 2.45) is 5.73 Å². The highest BCUT2D eigenvalue weighted by atomic mass is 15.0. The molecule has 4 heteroatoms. The molecule has 0 saturated heterocycles. The molecule has 3 rings (SSSR count). The fourth-order valence-corrected chi connectivity index (χ4v) is 2.30. The van der Waals surface area contributed by atoms with E-state index in [9.17, 15) is 0 Å². The van der Waals surface area contributed by atoms with E-state index in [1.807, 2.05) is 30.3 Å². The first-order chi connectivity index (χ1) is 8.88. The fourth-order valence-electron chi connectivity index (χ4n) is 2.30. The van der Waals surface area contributed by atoms with E-state index < -0.39 is 0 Å². The topological polar surface area (TPSA) is 63.8 Å². The SMILES string of the molecule is NCCc1nc(-c2ccccc2)nc2c1CNC2. The lowest BCUT2D eigenvalue weighted by Crippen LogP contribution is -2.10. The molecule has 18 heavy (non-hydrogen) atoms. The zero-order chi connectivity index (χ0) is 12.4. The predicted octanol–water partition coefficient (Wildman–Crippen LogP) is 1.25. The summed E-state index contributed by atoms with van der Waals surface area (Å²) < 4.78 is 0. The molecule has 0 spiro atoms. The zero-order valence-electron chi connectivity index (χ0n) is 10.2. The highest BCUT2D eigenvalue weighted by molar-refractivity contribution is 5.55. The van der Waals surface area contributed by atoms with Gasteiger partial charge in [-0.2, -0.15) is 0 Å². The number of nitrogens with two attached hydrogens (primary N) is 1. The Kier molecular flexibility index (Phi) is 3.04. The second-order valence-electron chi connectivity index (χ2n) is 4.43. The third kappa shape index (κ3) is 2.00. The molecule has 0 fully saturated rings. The van der Waals surface area contributed by atoms with Crippen LogP contribution < -0.4 is 11.1 Å². The lowest BCUT2D eigenvalue weighted by atomic mass is 10.1. The van der Waals surface area contributed by atoms with Crippen molar-refractivity contribution in [2.75, 3.05) is 6.54 Å². The Hall–Kier alpha value is -1.78. The summed E-state index contributed by atoms with van der Waals surface area (Å²) in [6.07, 6.45) is 0.812. The molecule has 0 radical (unpaired) electrons. The molecule has 1 aliphatic rings. The van der Waals surface area contributed by atoms with Crippen molar-refractivity contribution in [1.82, 2.24) is 15.3 Å². The van der Waals surface area contributed by atoms with Crippen molar-refractivity contribution >= 4 is 0 Å². The van der Waals surface area contributed by atoms with Gasteiger partial charge in [-0.1, -0.05) is 30.3 Å². The minimum Gasteiger partial charge on any atom is -0.330 e. The normalized spacial score (nSPS) is 13.6. The quantitative estimate of drug-likeness (QED) is 0.847. The van der Waals surface area contributed by atoms with Crippen LogP contribution in [-0.4, -0.2) is 16.5 Å². The van der Waals surface area contributed by atoms with Gasteiger partial charge in [-0.05, 0) is 6.54 Å². The molecule has 1 aromatic carbocycles.